The molecule has 3 aromatic rings. The summed E-state index contributed by atoms with van der Waals surface area (Å²) < 4.78 is 5.23. The zero-order valence-electron chi connectivity index (χ0n) is 16.8. The number of nitrogens with one attached hydrogen (secondary N) is 1. The van der Waals surface area contributed by atoms with Gasteiger partial charge in [0, 0.05) is 42.6 Å². The summed E-state index contributed by atoms with van der Waals surface area (Å²) in [5.74, 6) is 2.15. The second kappa shape index (κ2) is 9.15. The number of hydrogen-bond donors (Lipinski definition) is 2. The highest BCUT2D eigenvalue weighted by Crippen LogP contribution is 2.21. The summed E-state index contributed by atoms with van der Waals surface area (Å²) in [6.45, 7) is 4.32. The predicted molar refractivity (Wildman–Crippen MR) is 119 cm³/mol. The van der Waals surface area contributed by atoms with E-state index in [1.807, 2.05) is 24.3 Å². The standard InChI is InChI=1S/C21H24ClN7O/c1-30-18-8-6-17(7-9-18)29-12-10-28(11-13-29)14-19-25-20(23)27-21(26-19)24-16-4-2-15(22)3-5-16/h2-9H,10-14H2,1H3,(H3,23,24,25,26,27). The molecule has 1 aliphatic rings. The van der Waals surface area contributed by atoms with Crippen LogP contribution in [0.3, 0.4) is 0 Å². The first-order chi connectivity index (χ1) is 14.6. The quantitative estimate of drug-likeness (QED) is 0.622. The van der Waals surface area contributed by atoms with Crippen LogP contribution in [0.1, 0.15) is 5.82 Å². The molecule has 0 atom stereocenters. The van der Waals surface area contributed by atoms with E-state index in [-0.39, 0.29) is 5.95 Å². The lowest BCUT2D eigenvalue weighted by Crippen LogP contribution is -2.46. The molecule has 0 unspecified atom stereocenters. The van der Waals surface area contributed by atoms with Crippen LogP contribution in [0.5, 0.6) is 5.75 Å². The number of piperazine rings is 1. The number of rotatable bonds is 6. The summed E-state index contributed by atoms with van der Waals surface area (Å²) in [6, 6.07) is 15.5. The molecule has 2 heterocycles. The third-order valence-electron chi connectivity index (χ3n) is 4.97. The Hall–Kier alpha value is -3.10. The molecule has 1 saturated heterocycles. The number of anilines is 4. The van der Waals surface area contributed by atoms with Crippen molar-refractivity contribution in [2.24, 2.45) is 0 Å². The molecule has 1 fully saturated rings. The van der Waals surface area contributed by atoms with Gasteiger partial charge < -0.3 is 20.7 Å². The fourth-order valence-corrected chi connectivity index (χ4v) is 3.51. The molecule has 0 spiro atoms. The van der Waals surface area contributed by atoms with E-state index in [4.69, 9.17) is 22.1 Å². The van der Waals surface area contributed by atoms with Crippen molar-refractivity contribution in [1.82, 2.24) is 19.9 Å². The Balaban J connectivity index is 1.36. The molecule has 0 aliphatic carbocycles. The topological polar surface area (TPSA) is 92.4 Å². The summed E-state index contributed by atoms with van der Waals surface area (Å²) in [7, 11) is 1.68. The van der Waals surface area contributed by atoms with Gasteiger partial charge >= 0.3 is 0 Å². The third-order valence-corrected chi connectivity index (χ3v) is 5.23. The number of hydrogen-bond acceptors (Lipinski definition) is 8. The predicted octanol–water partition coefficient (Wildman–Crippen LogP) is 3.18. The normalized spacial score (nSPS) is 14.5. The van der Waals surface area contributed by atoms with Gasteiger partial charge in [0.2, 0.25) is 11.9 Å². The molecule has 0 saturated carbocycles. The molecule has 0 amide bonds. The first kappa shape index (κ1) is 20.2. The van der Waals surface area contributed by atoms with Crippen LogP contribution in [0.15, 0.2) is 48.5 Å². The van der Waals surface area contributed by atoms with Crippen LogP contribution in [0.4, 0.5) is 23.3 Å². The minimum absolute atomic E-state index is 0.202. The van der Waals surface area contributed by atoms with Gasteiger partial charge in [0.25, 0.3) is 0 Å². The van der Waals surface area contributed by atoms with Crippen molar-refractivity contribution in [3.63, 3.8) is 0 Å². The Morgan fingerprint density at radius 1 is 0.967 bits per heavy atom. The molecule has 0 bridgehead atoms. The summed E-state index contributed by atoms with van der Waals surface area (Å²) >= 11 is 5.93. The average Bonchev–Trinajstić information content (AvgIpc) is 2.76. The maximum Gasteiger partial charge on any atom is 0.232 e. The number of nitrogens with two attached hydrogens (primary N) is 1. The number of ether oxygens (including phenoxy) is 1. The van der Waals surface area contributed by atoms with Crippen molar-refractivity contribution in [3.8, 4) is 5.75 Å². The smallest absolute Gasteiger partial charge is 0.232 e. The van der Waals surface area contributed by atoms with E-state index in [1.165, 1.54) is 5.69 Å². The lowest BCUT2D eigenvalue weighted by atomic mass is 10.2. The fraction of sp³-hybridized carbons (Fsp3) is 0.286. The summed E-state index contributed by atoms with van der Waals surface area (Å²) in [5, 5.41) is 3.82. The zero-order chi connectivity index (χ0) is 20.9. The van der Waals surface area contributed by atoms with Crippen molar-refractivity contribution in [2.45, 2.75) is 6.54 Å². The van der Waals surface area contributed by atoms with E-state index >= 15 is 0 Å². The highest BCUT2D eigenvalue weighted by Gasteiger charge is 2.19. The minimum atomic E-state index is 0.202. The van der Waals surface area contributed by atoms with E-state index < -0.39 is 0 Å². The van der Waals surface area contributed by atoms with E-state index in [9.17, 15) is 0 Å². The highest BCUT2D eigenvalue weighted by atomic mass is 35.5. The molecular formula is C21H24ClN7O. The van der Waals surface area contributed by atoms with Crippen LogP contribution in [-0.2, 0) is 6.54 Å². The number of nitrogen functional groups attached to an aromatic ring is 1. The molecule has 2 aromatic carbocycles. The van der Waals surface area contributed by atoms with Gasteiger partial charge in [-0.05, 0) is 48.5 Å². The van der Waals surface area contributed by atoms with Crippen molar-refractivity contribution in [1.29, 1.82) is 0 Å². The molecule has 0 radical (unpaired) electrons. The lowest BCUT2D eigenvalue weighted by molar-refractivity contribution is 0.244. The molecular weight excluding hydrogens is 402 g/mol. The Morgan fingerprint density at radius 2 is 1.67 bits per heavy atom. The number of halogens is 1. The average molecular weight is 426 g/mol. The summed E-state index contributed by atoms with van der Waals surface area (Å²) in [6.07, 6.45) is 0. The number of nitrogens with zero attached hydrogens (tertiary/aromatic N) is 5. The van der Waals surface area contributed by atoms with Crippen molar-refractivity contribution < 1.29 is 4.74 Å². The Labute approximate surface area is 180 Å². The Morgan fingerprint density at radius 3 is 2.33 bits per heavy atom. The highest BCUT2D eigenvalue weighted by molar-refractivity contribution is 6.30. The maximum absolute atomic E-state index is 5.93. The van der Waals surface area contributed by atoms with Crippen LogP contribution in [-0.4, -0.2) is 53.1 Å². The number of aromatic nitrogens is 3. The first-order valence-corrected chi connectivity index (χ1v) is 10.1. The minimum Gasteiger partial charge on any atom is -0.497 e. The van der Waals surface area contributed by atoms with E-state index in [1.54, 1.807) is 19.2 Å². The van der Waals surface area contributed by atoms with E-state index in [0.717, 1.165) is 37.6 Å². The second-order valence-electron chi connectivity index (χ2n) is 7.03. The molecule has 1 aromatic heterocycles. The second-order valence-corrected chi connectivity index (χ2v) is 7.46. The Kier molecular flexibility index (Phi) is 6.15. The molecule has 9 heteroatoms. The third kappa shape index (κ3) is 5.08. The SMILES string of the molecule is COc1ccc(N2CCN(Cc3nc(N)nc(Nc4ccc(Cl)cc4)n3)CC2)cc1. The lowest BCUT2D eigenvalue weighted by Gasteiger charge is -2.35. The van der Waals surface area contributed by atoms with Gasteiger partial charge in [-0.3, -0.25) is 4.90 Å². The maximum atomic E-state index is 5.93. The first-order valence-electron chi connectivity index (χ1n) is 9.73. The van der Waals surface area contributed by atoms with Crippen LogP contribution in [0, 0.1) is 0 Å². The fourth-order valence-electron chi connectivity index (χ4n) is 3.38. The Bertz CT molecular complexity index is 974. The van der Waals surface area contributed by atoms with E-state index in [0.29, 0.717) is 23.3 Å². The monoisotopic (exact) mass is 425 g/mol. The van der Waals surface area contributed by atoms with Gasteiger partial charge in [-0.2, -0.15) is 15.0 Å². The number of methoxy groups -OCH3 is 1. The van der Waals surface area contributed by atoms with Gasteiger partial charge in [0.1, 0.15) is 11.6 Å². The molecule has 4 rings (SSSR count). The van der Waals surface area contributed by atoms with Gasteiger partial charge in [-0.15, -0.1) is 0 Å². The molecule has 30 heavy (non-hydrogen) atoms. The molecule has 8 nitrogen and oxygen atoms in total. The van der Waals surface area contributed by atoms with Crippen LogP contribution < -0.4 is 20.7 Å². The summed E-state index contributed by atoms with van der Waals surface area (Å²) in [4.78, 5) is 17.7. The molecule has 1 aliphatic heterocycles. The molecule has 3 N–H and O–H groups in total. The van der Waals surface area contributed by atoms with E-state index in [2.05, 4.69) is 42.2 Å². The van der Waals surface area contributed by atoms with Crippen molar-refractivity contribution in [3.05, 3.63) is 59.4 Å². The summed E-state index contributed by atoms with van der Waals surface area (Å²) in [5.41, 5.74) is 7.94. The van der Waals surface area contributed by atoms with Crippen molar-refractivity contribution >= 4 is 34.9 Å². The zero-order valence-corrected chi connectivity index (χ0v) is 17.5. The molecule has 156 valence electrons. The largest absolute Gasteiger partial charge is 0.497 e. The van der Waals surface area contributed by atoms with Crippen LogP contribution in [0.25, 0.3) is 0 Å². The van der Waals surface area contributed by atoms with Crippen LogP contribution >= 0.6 is 11.6 Å². The van der Waals surface area contributed by atoms with Crippen molar-refractivity contribution in [2.75, 3.05) is 49.2 Å². The number of benzene rings is 2. The van der Waals surface area contributed by atoms with Gasteiger partial charge in [0.05, 0.1) is 13.7 Å². The van der Waals surface area contributed by atoms with Gasteiger partial charge in [-0.1, -0.05) is 11.6 Å². The van der Waals surface area contributed by atoms with Gasteiger partial charge in [0.15, 0.2) is 0 Å². The van der Waals surface area contributed by atoms with Gasteiger partial charge in [-0.25, -0.2) is 0 Å². The van der Waals surface area contributed by atoms with Crippen LogP contribution in [0.2, 0.25) is 5.02 Å².